The third-order valence-electron chi connectivity index (χ3n) is 2.93. The maximum Gasteiger partial charge on any atom is 0.134 e. The van der Waals surface area contributed by atoms with E-state index in [1.807, 2.05) is 24.5 Å². The van der Waals surface area contributed by atoms with Crippen molar-refractivity contribution in [2.45, 2.75) is 32.9 Å². The van der Waals surface area contributed by atoms with Crippen LogP contribution in [0.25, 0.3) is 11.0 Å². The number of ether oxygens (including phenoxy) is 1. The summed E-state index contributed by atoms with van der Waals surface area (Å²) in [6.07, 6.45) is 2.08. The van der Waals surface area contributed by atoms with Crippen LogP contribution in [0.2, 0.25) is 0 Å². The number of nitrogens with one attached hydrogen (secondary N) is 1. The molecule has 2 aromatic rings. The van der Waals surface area contributed by atoms with E-state index in [0.717, 1.165) is 17.5 Å². The van der Waals surface area contributed by atoms with Gasteiger partial charge in [-0.05, 0) is 26.5 Å². The summed E-state index contributed by atoms with van der Waals surface area (Å²) < 4.78 is 11.3. The molecule has 0 bridgehead atoms. The smallest absolute Gasteiger partial charge is 0.134 e. The van der Waals surface area contributed by atoms with Gasteiger partial charge in [0.1, 0.15) is 5.58 Å². The van der Waals surface area contributed by atoms with E-state index in [1.54, 1.807) is 0 Å². The Bertz CT molecular complexity index is 490. The van der Waals surface area contributed by atoms with Crippen LogP contribution in [-0.2, 0) is 4.74 Å². The Morgan fingerprint density at radius 1 is 1.28 bits per heavy atom. The molecule has 1 aromatic heterocycles. The Morgan fingerprint density at radius 2 is 2.06 bits per heavy atom. The van der Waals surface area contributed by atoms with E-state index in [-0.39, 0.29) is 12.1 Å². The average Bonchev–Trinajstić information content (AvgIpc) is 2.78. The molecule has 0 aliphatic heterocycles. The van der Waals surface area contributed by atoms with Crippen LogP contribution in [0.15, 0.2) is 34.9 Å². The summed E-state index contributed by atoms with van der Waals surface area (Å²) in [7, 11) is 0. The van der Waals surface area contributed by atoms with Crippen molar-refractivity contribution in [1.29, 1.82) is 0 Å². The molecule has 1 N–H and O–H groups in total. The van der Waals surface area contributed by atoms with Crippen molar-refractivity contribution in [1.82, 2.24) is 5.32 Å². The summed E-state index contributed by atoms with van der Waals surface area (Å²) >= 11 is 0. The first-order valence-corrected chi connectivity index (χ1v) is 6.53. The fourth-order valence-corrected chi connectivity index (χ4v) is 2.06. The van der Waals surface area contributed by atoms with Gasteiger partial charge < -0.3 is 14.5 Å². The van der Waals surface area contributed by atoms with E-state index in [0.29, 0.717) is 6.61 Å². The largest absolute Gasteiger partial charge is 0.464 e. The number of hydrogen-bond acceptors (Lipinski definition) is 3. The SMILES string of the molecule is CCNC(COC(C)C)c1coc2ccccc12. The minimum atomic E-state index is 0.182. The number of benzene rings is 1. The molecule has 0 saturated carbocycles. The van der Waals surface area contributed by atoms with Crippen LogP contribution < -0.4 is 5.32 Å². The first kappa shape index (κ1) is 13.1. The molecule has 98 valence electrons. The normalized spacial score (nSPS) is 13.3. The molecule has 0 radical (unpaired) electrons. The van der Waals surface area contributed by atoms with E-state index < -0.39 is 0 Å². The standard InChI is InChI=1S/C15H21NO2/c1-4-16-14(10-17-11(2)3)13-9-18-15-8-6-5-7-12(13)15/h5-9,11,14,16H,4,10H2,1-3H3. The summed E-state index contributed by atoms with van der Waals surface area (Å²) in [5.74, 6) is 0. The van der Waals surface area contributed by atoms with Crippen molar-refractivity contribution in [2.75, 3.05) is 13.2 Å². The highest BCUT2D eigenvalue weighted by atomic mass is 16.5. The molecule has 0 aliphatic rings. The Hall–Kier alpha value is -1.32. The second-order valence-electron chi connectivity index (χ2n) is 4.68. The molecule has 18 heavy (non-hydrogen) atoms. The van der Waals surface area contributed by atoms with Gasteiger partial charge in [-0.25, -0.2) is 0 Å². The Balaban J connectivity index is 2.24. The van der Waals surface area contributed by atoms with Crippen molar-refractivity contribution in [3.63, 3.8) is 0 Å². The number of hydrogen-bond donors (Lipinski definition) is 1. The predicted octanol–water partition coefficient (Wildman–Crippen LogP) is 3.51. The minimum Gasteiger partial charge on any atom is -0.464 e. The Morgan fingerprint density at radius 3 is 2.78 bits per heavy atom. The summed E-state index contributed by atoms with van der Waals surface area (Å²) in [5, 5.41) is 4.61. The molecule has 0 amide bonds. The number of likely N-dealkylation sites (N-methyl/N-ethyl adjacent to an activating group) is 1. The van der Waals surface area contributed by atoms with Crippen LogP contribution in [0.4, 0.5) is 0 Å². The monoisotopic (exact) mass is 247 g/mol. The molecule has 3 nitrogen and oxygen atoms in total. The van der Waals surface area contributed by atoms with Gasteiger partial charge in [0, 0.05) is 10.9 Å². The van der Waals surface area contributed by atoms with Gasteiger partial charge in [0.2, 0.25) is 0 Å². The summed E-state index contributed by atoms with van der Waals surface area (Å²) in [5.41, 5.74) is 2.10. The zero-order valence-electron chi connectivity index (χ0n) is 11.3. The molecular formula is C15H21NO2. The number of furan rings is 1. The van der Waals surface area contributed by atoms with Gasteiger partial charge in [-0.3, -0.25) is 0 Å². The first-order chi connectivity index (χ1) is 8.72. The molecule has 0 fully saturated rings. The third-order valence-corrected chi connectivity index (χ3v) is 2.93. The van der Waals surface area contributed by atoms with Crippen molar-refractivity contribution >= 4 is 11.0 Å². The summed E-state index contributed by atoms with van der Waals surface area (Å²) in [4.78, 5) is 0. The highest BCUT2D eigenvalue weighted by Gasteiger charge is 2.16. The molecule has 2 rings (SSSR count). The van der Waals surface area contributed by atoms with Crippen LogP contribution in [0.3, 0.4) is 0 Å². The molecule has 0 spiro atoms. The van der Waals surface area contributed by atoms with Gasteiger partial charge in [-0.15, -0.1) is 0 Å². The fraction of sp³-hybridized carbons (Fsp3) is 0.467. The van der Waals surface area contributed by atoms with Crippen LogP contribution in [0.5, 0.6) is 0 Å². The minimum absolute atomic E-state index is 0.182. The maximum absolute atomic E-state index is 5.73. The van der Waals surface area contributed by atoms with Gasteiger partial charge >= 0.3 is 0 Å². The second-order valence-corrected chi connectivity index (χ2v) is 4.68. The molecule has 0 aliphatic carbocycles. The zero-order valence-corrected chi connectivity index (χ0v) is 11.3. The van der Waals surface area contributed by atoms with Crippen molar-refractivity contribution in [3.05, 3.63) is 36.1 Å². The lowest BCUT2D eigenvalue weighted by Crippen LogP contribution is -2.26. The summed E-state index contributed by atoms with van der Waals surface area (Å²) in [6, 6.07) is 8.29. The van der Waals surface area contributed by atoms with Crippen LogP contribution in [0, 0.1) is 0 Å². The topological polar surface area (TPSA) is 34.4 Å². The molecule has 1 atom stereocenters. The van der Waals surface area contributed by atoms with Crippen LogP contribution >= 0.6 is 0 Å². The Kier molecular flexibility index (Phi) is 4.39. The lowest BCUT2D eigenvalue weighted by Gasteiger charge is -2.18. The number of para-hydroxylation sites is 1. The zero-order chi connectivity index (χ0) is 13.0. The lowest BCUT2D eigenvalue weighted by atomic mass is 10.1. The molecular weight excluding hydrogens is 226 g/mol. The fourth-order valence-electron chi connectivity index (χ4n) is 2.06. The van der Waals surface area contributed by atoms with Gasteiger partial charge in [-0.2, -0.15) is 0 Å². The number of fused-ring (bicyclic) bond motifs is 1. The van der Waals surface area contributed by atoms with E-state index >= 15 is 0 Å². The summed E-state index contributed by atoms with van der Waals surface area (Å²) in [6.45, 7) is 7.78. The van der Waals surface area contributed by atoms with Crippen molar-refractivity contribution < 1.29 is 9.15 Å². The second kappa shape index (κ2) is 6.03. The van der Waals surface area contributed by atoms with E-state index in [2.05, 4.69) is 32.2 Å². The third kappa shape index (κ3) is 2.92. The van der Waals surface area contributed by atoms with Crippen molar-refractivity contribution in [3.8, 4) is 0 Å². The highest BCUT2D eigenvalue weighted by molar-refractivity contribution is 5.81. The molecule has 1 unspecified atom stereocenters. The van der Waals surface area contributed by atoms with Crippen molar-refractivity contribution in [2.24, 2.45) is 0 Å². The molecule has 0 saturated heterocycles. The quantitative estimate of drug-likeness (QED) is 0.848. The van der Waals surface area contributed by atoms with Gasteiger partial charge in [0.25, 0.3) is 0 Å². The maximum atomic E-state index is 5.73. The van der Waals surface area contributed by atoms with Gasteiger partial charge in [-0.1, -0.05) is 25.1 Å². The van der Waals surface area contributed by atoms with E-state index in [9.17, 15) is 0 Å². The molecule has 1 heterocycles. The van der Waals surface area contributed by atoms with E-state index in [1.165, 1.54) is 5.56 Å². The average molecular weight is 247 g/mol. The highest BCUT2D eigenvalue weighted by Crippen LogP contribution is 2.26. The first-order valence-electron chi connectivity index (χ1n) is 6.53. The predicted molar refractivity (Wildman–Crippen MR) is 73.7 cm³/mol. The van der Waals surface area contributed by atoms with E-state index in [4.69, 9.17) is 9.15 Å². The molecule has 3 heteroatoms. The van der Waals surface area contributed by atoms with Gasteiger partial charge in [0.15, 0.2) is 0 Å². The lowest BCUT2D eigenvalue weighted by molar-refractivity contribution is 0.0615. The molecule has 1 aromatic carbocycles. The Labute approximate surface area is 108 Å². The van der Waals surface area contributed by atoms with Crippen LogP contribution in [-0.4, -0.2) is 19.3 Å². The number of rotatable bonds is 6. The van der Waals surface area contributed by atoms with Gasteiger partial charge in [0.05, 0.1) is 25.0 Å². The van der Waals surface area contributed by atoms with Crippen LogP contribution in [0.1, 0.15) is 32.4 Å².